The normalized spacial score (nSPS) is 12.5. The highest BCUT2D eigenvalue weighted by atomic mass is 16.7. The average Bonchev–Trinajstić information content (AvgIpc) is 3.17. The Hall–Kier alpha value is -3.02. The molecule has 0 amide bonds. The van der Waals surface area contributed by atoms with Crippen molar-refractivity contribution in [1.82, 2.24) is 14.8 Å². The number of hydrogen-bond acceptors (Lipinski definition) is 4. The fourth-order valence-corrected chi connectivity index (χ4v) is 2.65. The Kier molecular flexibility index (Phi) is 3.34. The maximum Gasteiger partial charge on any atom is 0.343 e. The van der Waals surface area contributed by atoms with Gasteiger partial charge in [-0.25, -0.2) is 9.89 Å². The lowest BCUT2D eigenvalue weighted by molar-refractivity contribution is 0.174. The van der Waals surface area contributed by atoms with Gasteiger partial charge in [-0.1, -0.05) is 36.4 Å². The van der Waals surface area contributed by atoms with Crippen LogP contribution in [0.4, 0.5) is 0 Å². The van der Waals surface area contributed by atoms with Gasteiger partial charge in [0.05, 0.1) is 6.54 Å². The lowest BCUT2D eigenvalue weighted by atomic mass is 10.1. The first-order valence-electron chi connectivity index (χ1n) is 7.36. The van der Waals surface area contributed by atoms with E-state index in [0.29, 0.717) is 18.8 Å². The molecule has 2 heterocycles. The van der Waals surface area contributed by atoms with Crippen LogP contribution in [0.3, 0.4) is 0 Å². The average molecular weight is 309 g/mol. The van der Waals surface area contributed by atoms with E-state index >= 15 is 0 Å². The molecule has 1 N–H and O–H groups in total. The van der Waals surface area contributed by atoms with Gasteiger partial charge in [-0.3, -0.25) is 4.57 Å². The minimum absolute atomic E-state index is 0.204. The Bertz CT molecular complexity index is 884. The minimum Gasteiger partial charge on any atom is -0.454 e. The van der Waals surface area contributed by atoms with Gasteiger partial charge in [0.1, 0.15) is 5.82 Å². The van der Waals surface area contributed by atoms with Crippen molar-refractivity contribution in [1.29, 1.82) is 0 Å². The summed E-state index contributed by atoms with van der Waals surface area (Å²) in [4.78, 5) is 12.0. The Balaban J connectivity index is 1.61. The summed E-state index contributed by atoms with van der Waals surface area (Å²) in [7, 11) is 0. The second-order valence-electron chi connectivity index (χ2n) is 5.38. The van der Waals surface area contributed by atoms with E-state index in [9.17, 15) is 4.79 Å². The predicted molar refractivity (Wildman–Crippen MR) is 83.8 cm³/mol. The first kappa shape index (κ1) is 13.6. The molecule has 1 aromatic heterocycles. The van der Waals surface area contributed by atoms with E-state index in [1.807, 2.05) is 48.5 Å². The highest BCUT2D eigenvalue weighted by molar-refractivity contribution is 5.45. The van der Waals surface area contributed by atoms with Gasteiger partial charge in [-0.2, -0.15) is 5.10 Å². The first-order chi connectivity index (χ1) is 11.3. The van der Waals surface area contributed by atoms with Crippen molar-refractivity contribution < 1.29 is 9.47 Å². The Morgan fingerprint density at radius 1 is 1.04 bits per heavy atom. The summed E-state index contributed by atoms with van der Waals surface area (Å²) in [6.07, 6.45) is 0.544. The molecule has 0 fully saturated rings. The summed E-state index contributed by atoms with van der Waals surface area (Å²) < 4.78 is 12.4. The molecule has 0 aliphatic carbocycles. The zero-order chi connectivity index (χ0) is 15.6. The van der Waals surface area contributed by atoms with Crippen LogP contribution >= 0.6 is 0 Å². The van der Waals surface area contributed by atoms with Crippen molar-refractivity contribution in [2.24, 2.45) is 0 Å². The number of ether oxygens (including phenoxy) is 2. The molecule has 4 rings (SSSR count). The summed E-state index contributed by atoms with van der Waals surface area (Å²) >= 11 is 0. The van der Waals surface area contributed by atoms with Gasteiger partial charge in [0, 0.05) is 6.42 Å². The molecule has 2 aromatic carbocycles. The quantitative estimate of drug-likeness (QED) is 0.799. The van der Waals surface area contributed by atoms with Crippen molar-refractivity contribution in [3.63, 3.8) is 0 Å². The van der Waals surface area contributed by atoms with Crippen molar-refractivity contribution in [3.8, 4) is 11.5 Å². The van der Waals surface area contributed by atoms with Crippen LogP contribution < -0.4 is 15.2 Å². The summed E-state index contributed by atoms with van der Waals surface area (Å²) in [6, 6.07) is 15.6. The van der Waals surface area contributed by atoms with Crippen LogP contribution in [0.1, 0.15) is 17.0 Å². The van der Waals surface area contributed by atoms with E-state index in [0.717, 1.165) is 22.6 Å². The van der Waals surface area contributed by atoms with Crippen LogP contribution in [-0.4, -0.2) is 21.6 Å². The van der Waals surface area contributed by atoms with Crippen LogP contribution in [0.5, 0.6) is 11.5 Å². The zero-order valence-electron chi connectivity index (χ0n) is 12.4. The number of aromatic nitrogens is 3. The van der Waals surface area contributed by atoms with Crippen molar-refractivity contribution in [2.45, 2.75) is 13.0 Å². The molecule has 0 bridgehead atoms. The molecule has 1 aliphatic rings. The standard InChI is InChI=1S/C17H15N3O3/c21-17-19-18-16(20(17)10-12-4-2-1-3-5-12)9-13-6-7-14-15(8-13)23-11-22-14/h1-8H,9-11H2,(H,19,21). The summed E-state index contributed by atoms with van der Waals surface area (Å²) in [5, 5.41) is 6.69. The number of H-pyrrole nitrogens is 1. The van der Waals surface area contributed by atoms with Crippen molar-refractivity contribution >= 4 is 0 Å². The topological polar surface area (TPSA) is 69.1 Å². The zero-order valence-corrected chi connectivity index (χ0v) is 12.4. The number of benzene rings is 2. The molecule has 1 aliphatic heterocycles. The number of hydrogen-bond donors (Lipinski definition) is 1. The number of nitrogens with zero attached hydrogens (tertiary/aromatic N) is 2. The third kappa shape index (κ3) is 2.70. The van der Waals surface area contributed by atoms with E-state index in [2.05, 4.69) is 10.2 Å². The Morgan fingerprint density at radius 2 is 1.87 bits per heavy atom. The molecular formula is C17H15N3O3. The highest BCUT2D eigenvalue weighted by Crippen LogP contribution is 2.32. The van der Waals surface area contributed by atoms with Gasteiger partial charge in [-0.15, -0.1) is 0 Å². The molecule has 0 unspecified atom stereocenters. The van der Waals surface area contributed by atoms with Gasteiger partial charge in [0.25, 0.3) is 0 Å². The minimum atomic E-state index is -0.204. The highest BCUT2D eigenvalue weighted by Gasteiger charge is 2.15. The number of rotatable bonds is 4. The first-order valence-corrected chi connectivity index (χ1v) is 7.36. The maximum absolute atomic E-state index is 12.0. The van der Waals surface area contributed by atoms with Gasteiger partial charge in [0.15, 0.2) is 11.5 Å². The van der Waals surface area contributed by atoms with Crippen LogP contribution in [0, 0.1) is 0 Å². The van der Waals surface area contributed by atoms with E-state index in [-0.39, 0.29) is 12.5 Å². The largest absolute Gasteiger partial charge is 0.454 e. The van der Waals surface area contributed by atoms with E-state index in [1.165, 1.54) is 0 Å². The molecule has 0 spiro atoms. The summed E-state index contributed by atoms with van der Waals surface area (Å²) in [5.74, 6) is 2.17. The Morgan fingerprint density at radius 3 is 2.74 bits per heavy atom. The molecule has 116 valence electrons. The molecule has 0 saturated carbocycles. The second kappa shape index (κ2) is 5.64. The predicted octanol–water partition coefficient (Wildman–Crippen LogP) is 1.94. The van der Waals surface area contributed by atoms with E-state index in [1.54, 1.807) is 4.57 Å². The van der Waals surface area contributed by atoms with Crippen LogP contribution in [0.2, 0.25) is 0 Å². The van der Waals surface area contributed by atoms with Crippen molar-refractivity contribution in [2.75, 3.05) is 6.79 Å². The number of aromatic amines is 1. The SMILES string of the molecule is O=c1[nH]nc(Cc2ccc3c(c2)OCO3)n1Cc1ccccc1. The summed E-state index contributed by atoms with van der Waals surface area (Å²) in [6.45, 7) is 0.746. The number of nitrogens with one attached hydrogen (secondary N) is 1. The molecule has 6 heteroatoms. The smallest absolute Gasteiger partial charge is 0.343 e. The molecule has 0 atom stereocenters. The molecule has 3 aromatic rings. The van der Waals surface area contributed by atoms with Gasteiger partial charge < -0.3 is 9.47 Å². The van der Waals surface area contributed by atoms with E-state index < -0.39 is 0 Å². The molecule has 6 nitrogen and oxygen atoms in total. The fourth-order valence-electron chi connectivity index (χ4n) is 2.65. The van der Waals surface area contributed by atoms with Gasteiger partial charge in [0.2, 0.25) is 6.79 Å². The molecule has 0 saturated heterocycles. The van der Waals surface area contributed by atoms with Gasteiger partial charge in [-0.05, 0) is 23.3 Å². The maximum atomic E-state index is 12.0. The van der Waals surface area contributed by atoms with Crippen LogP contribution in [-0.2, 0) is 13.0 Å². The molecular weight excluding hydrogens is 294 g/mol. The van der Waals surface area contributed by atoms with Gasteiger partial charge >= 0.3 is 5.69 Å². The second-order valence-corrected chi connectivity index (χ2v) is 5.38. The van der Waals surface area contributed by atoms with Crippen LogP contribution in [0.25, 0.3) is 0 Å². The monoisotopic (exact) mass is 309 g/mol. The third-order valence-corrected chi connectivity index (χ3v) is 3.82. The number of fused-ring (bicyclic) bond motifs is 1. The fraction of sp³-hybridized carbons (Fsp3) is 0.176. The summed E-state index contributed by atoms with van der Waals surface area (Å²) in [5.41, 5.74) is 1.87. The third-order valence-electron chi connectivity index (χ3n) is 3.82. The Labute approximate surface area is 132 Å². The van der Waals surface area contributed by atoms with Crippen molar-refractivity contribution in [3.05, 3.63) is 76.0 Å². The van der Waals surface area contributed by atoms with E-state index in [4.69, 9.17) is 9.47 Å². The lowest BCUT2D eigenvalue weighted by Crippen LogP contribution is -2.19. The van der Waals surface area contributed by atoms with Crippen LogP contribution in [0.15, 0.2) is 53.3 Å². The molecule has 23 heavy (non-hydrogen) atoms. The molecule has 0 radical (unpaired) electrons. The lowest BCUT2D eigenvalue weighted by Gasteiger charge is -2.07.